The molecule has 0 spiro atoms. The number of nitrogens with one attached hydrogen (secondary N) is 1. The average Bonchev–Trinajstić information content (AvgIpc) is 2.79. The summed E-state index contributed by atoms with van der Waals surface area (Å²) in [5.74, 6) is -0.210. The summed E-state index contributed by atoms with van der Waals surface area (Å²) in [6.07, 6.45) is -3.78. The van der Waals surface area contributed by atoms with Gasteiger partial charge in [-0.2, -0.15) is 18.3 Å². The van der Waals surface area contributed by atoms with E-state index in [1.54, 1.807) is 18.7 Å². The lowest BCUT2D eigenvalue weighted by molar-refractivity contribution is -0.137. The highest BCUT2D eigenvalue weighted by Gasteiger charge is 2.31. The Kier molecular flexibility index (Phi) is 5.94. The summed E-state index contributed by atoms with van der Waals surface area (Å²) in [6, 6.07) is 3.07. The number of carbonyl (C=O) groups excluding carboxylic acids is 1. The zero-order valence-corrected chi connectivity index (χ0v) is 15.2. The van der Waals surface area contributed by atoms with Gasteiger partial charge < -0.3 is 10.1 Å². The van der Waals surface area contributed by atoms with E-state index >= 15 is 0 Å². The van der Waals surface area contributed by atoms with Gasteiger partial charge in [0.25, 0.3) is 0 Å². The van der Waals surface area contributed by atoms with Gasteiger partial charge in [-0.3, -0.25) is 9.48 Å². The Morgan fingerprint density at radius 3 is 2.54 bits per heavy atom. The number of rotatable bonds is 6. The van der Waals surface area contributed by atoms with Gasteiger partial charge in [-0.15, -0.1) is 0 Å². The molecule has 0 saturated heterocycles. The first-order chi connectivity index (χ1) is 12.1. The molecule has 0 saturated carbocycles. The summed E-state index contributed by atoms with van der Waals surface area (Å²) in [7, 11) is 1.77. The molecule has 0 aliphatic heterocycles. The van der Waals surface area contributed by atoms with Crippen molar-refractivity contribution in [2.45, 2.75) is 39.8 Å². The summed E-state index contributed by atoms with van der Waals surface area (Å²) in [5, 5.41) is 6.78. The van der Waals surface area contributed by atoms with Crippen LogP contribution in [-0.2, 0) is 24.4 Å². The minimum atomic E-state index is -4.50. The van der Waals surface area contributed by atoms with Crippen molar-refractivity contribution in [3.63, 3.8) is 0 Å². The highest BCUT2D eigenvalue weighted by molar-refractivity contribution is 5.94. The number of hydrogen-bond donors (Lipinski definition) is 1. The fourth-order valence-corrected chi connectivity index (χ4v) is 2.57. The third kappa shape index (κ3) is 4.56. The molecular formula is C18H22F3N3O2. The maximum atomic E-state index is 13.0. The SMILES string of the molecule is CCCOc1ccc(C(F)(F)F)cc1NC(=O)Cc1c(C)nn(C)c1C. The van der Waals surface area contributed by atoms with Gasteiger partial charge >= 0.3 is 6.18 Å². The van der Waals surface area contributed by atoms with E-state index in [1.807, 2.05) is 13.8 Å². The van der Waals surface area contributed by atoms with Gasteiger partial charge in [0.1, 0.15) is 5.75 Å². The van der Waals surface area contributed by atoms with Crippen molar-refractivity contribution in [2.24, 2.45) is 7.05 Å². The molecule has 0 atom stereocenters. The van der Waals surface area contributed by atoms with E-state index in [9.17, 15) is 18.0 Å². The molecule has 1 N–H and O–H groups in total. The third-order valence-corrected chi connectivity index (χ3v) is 4.04. The van der Waals surface area contributed by atoms with E-state index in [0.29, 0.717) is 18.7 Å². The molecule has 0 aliphatic carbocycles. The molecule has 1 heterocycles. The molecule has 0 fully saturated rings. The molecule has 2 aromatic rings. The Hall–Kier alpha value is -2.51. The first kappa shape index (κ1) is 19.8. The van der Waals surface area contributed by atoms with Crippen LogP contribution in [-0.4, -0.2) is 22.3 Å². The van der Waals surface area contributed by atoms with E-state index < -0.39 is 17.6 Å². The van der Waals surface area contributed by atoms with Gasteiger partial charge in [0.2, 0.25) is 5.91 Å². The number of aryl methyl sites for hydroxylation is 2. The number of hydrogen-bond acceptors (Lipinski definition) is 3. The molecule has 1 aromatic carbocycles. The molecule has 1 aromatic heterocycles. The predicted octanol–water partition coefficient (Wildman–Crippen LogP) is 4.03. The molecule has 8 heteroatoms. The van der Waals surface area contributed by atoms with Crippen molar-refractivity contribution in [3.05, 3.63) is 40.7 Å². The maximum Gasteiger partial charge on any atom is 0.416 e. The Labute approximate surface area is 150 Å². The molecule has 1 amide bonds. The number of alkyl halides is 3. The number of anilines is 1. The van der Waals surface area contributed by atoms with Crippen LogP contribution in [0.5, 0.6) is 5.75 Å². The Bertz CT molecular complexity index is 798. The second kappa shape index (κ2) is 7.80. The van der Waals surface area contributed by atoms with Crippen LogP contribution in [0.25, 0.3) is 0 Å². The van der Waals surface area contributed by atoms with Crippen LogP contribution in [0.15, 0.2) is 18.2 Å². The van der Waals surface area contributed by atoms with E-state index in [4.69, 9.17) is 4.74 Å². The normalized spacial score (nSPS) is 11.5. The Morgan fingerprint density at radius 1 is 1.31 bits per heavy atom. The van der Waals surface area contributed by atoms with Crippen LogP contribution < -0.4 is 10.1 Å². The quantitative estimate of drug-likeness (QED) is 0.837. The van der Waals surface area contributed by atoms with Crippen molar-refractivity contribution < 1.29 is 22.7 Å². The van der Waals surface area contributed by atoms with Crippen LogP contribution >= 0.6 is 0 Å². The van der Waals surface area contributed by atoms with E-state index in [2.05, 4.69) is 10.4 Å². The highest BCUT2D eigenvalue weighted by atomic mass is 19.4. The molecule has 26 heavy (non-hydrogen) atoms. The molecular weight excluding hydrogens is 347 g/mol. The summed E-state index contributed by atoms with van der Waals surface area (Å²) >= 11 is 0. The molecule has 0 radical (unpaired) electrons. The fraction of sp³-hybridized carbons (Fsp3) is 0.444. The second-order valence-electron chi connectivity index (χ2n) is 6.06. The molecule has 0 aliphatic rings. The number of carbonyl (C=O) groups is 1. The molecule has 2 rings (SSSR count). The summed E-state index contributed by atoms with van der Waals surface area (Å²) in [6.45, 7) is 5.85. The minimum absolute atomic E-state index is 0.0115. The van der Waals surface area contributed by atoms with Gasteiger partial charge in [0.15, 0.2) is 0 Å². The standard InChI is InChI=1S/C18H22F3N3O2/c1-5-8-26-16-7-6-13(18(19,20)21)9-15(16)22-17(25)10-14-11(2)23-24(4)12(14)3/h6-7,9H,5,8,10H2,1-4H3,(H,22,25). The number of nitrogens with zero attached hydrogens (tertiary/aromatic N) is 2. The van der Waals surface area contributed by atoms with E-state index in [0.717, 1.165) is 23.4 Å². The molecule has 5 nitrogen and oxygen atoms in total. The van der Waals surface area contributed by atoms with Crippen LogP contribution in [0, 0.1) is 13.8 Å². The number of ether oxygens (including phenoxy) is 1. The van der Waals surface area contributed by atoms with Crippen molar-refractivity contribution >= 4 is 11.6 Å². The maximum absolute atomic E-state index is 13.0. The lowest BCUT2D eigenvalue weighted by Crippen LogP contribution is -2.17. The highest BCUT2D eigenvalue weighted by Crippen LogP contribution is 2.35. The monoisotopic (exact) mass is 369 g/mol. The average molecular weight is 369 g/mol. The van der Waals surface area contributed by atoms with Crippen LogP contribution in [0.2, 0.25) is 0 Å². The van der Waals surface area contributed by atoms with Crippen LogP contribution in [0.4, 0.5) is 18.9 Å². The predicted molar refractivity (Wildman–Crippen MR) is 92.2 cm³/mol. The van der Waals surface area contributed by atoms with Crippen LogP contribution in [0.1, 0.15) is 35.9 Å². The fourth-order valence-electron chi connectivity index (χ4n) is 2.57. The molecule has 142 valence electrons. The summed E-state index contributed by atoms with van der Waals surface area (Å²) < 4.78 is 46.1. The van der Waals surface area contributed by atoms with E-state index in [-0.39, 0.29) is 17.9 Å². The first-order valence-electron chi connectivity index (χ1n) is 8.26. The number of benzene rings is 1. The van der Waals surface area contributed by atoms with Crippen LogP contribution in [0.3, 0.4) is 0 Å². The largest absolute Gasteiger partial charge is 0.491 e. The zero-order valence-electron chi connectivity index (χ0n) is 15.2. The first-order valence-corrected chi connectivity index (χ1v) is 8.26. The number of halogens is 3. The topological polar surface area (TPSA) is 56.1 Å². The summed E-state index contributed by atoms with van der Waals surface area (Å²) in [5.41, 5.74) is 1.48. The molecule has 0 bridgehead atoms. The van der Waals surface area contributed by atoms with Gasteiger partial charge in [0.05, 0.1) is 30.0 Å². The molecule has 0 unspecified atom stereocenters. The van der Waals surface area contributed by atoms with Gasteiger partial charge in [-0.05, 0) is 38.5 Å². The van der Waals surface area contributed by atoms with Crippen molar-refractivity contribution in [3.8, 4) is 5.75 Å². The third-order valence-electron chi connectivity index (χ3n) is 4.04. The lowest BCUT2D eigenvalue weighted by Gasteiger charge is -2.15. The Balaban J connectivity index is 2.26. The van der Waals surface area contributed by atoms with E-state index in [1.165, 1.54) is 6.07 Å². The zero-order chi connectivity index (χ0) is 19.5. The lowest BCUT2D eigenvalue weighted by atomic mass is 10.1. The Morgan fingerprint density at radius 2 is 2.00 bits per heavy atom. The van der Waals surface area contributed by atoms with Gasteiger partial charge in [-0.25, -0.2) is 0 Å². The van der Waals surface area contributed by atoms with Crippen molar-refractivity contribution in [2.75, 3.05) is 11.9 Å². The summed E-state index contributed by atoms with van der Waals surface area (Å²) in [4.78, 5) is 12.4. The van der Waals surface area contributed by atoms with Crippen molar-refractivity contribution in [1.29, 1.82) is 0 Å². The van der Waals surface area contributed by atoms with Gasteiger partial charge in [-0.1, -0.05) is 6.92 Å². The number of aromatic nitrogens is 2. The second-order valence-corrected chi connectivity index (χ2v) is 6.06. The smallest absolute Gasteiger partial charge is 0.416 e. The van der Waals surface area contributed by atoms with Gasteiger partial charge in [0, 0.05) is 18.3 Å². The number of amides is 1. The van der Waals surface area contributed by atoms with Crippen molar-refractivity contribution in [1.82, 2.24) is 9.78 Å². The minimum Gasteiger partial charge on any atom is -0.491 e.